The Hall–Kier alpha value is -2.63. The molecule has 1 fully saturated rings. The van der Waals surface area contributed by atoms with Crippen molar-refractivity contribution in [2.75, 3.05) is 13.1 Å². The van der Waals surface area contributed by atoms with E-state index in [1.807, 2.05) is 40.7 Å². The van der Waals surface area contributed by atoms with Gasteiger partial charge in [-0.1, -0.05) is 37.1 Å². The summed E-state index contributed by atoms with van der Waals surface area (Å²) in [6, 6.07) is 8.03. The van der Waals surface area contributed by atoms with Crippen molar-refractivity contribution in [3.8, 4) is 0 Å². The second kappa shape index (κ2) is 8.80. The van der Waals surface area contributed by atoms with Crippen LogP contribution in [0.2, 0.25) is 0 Å². The third-order valence-electron chi connectivity index (χ3n) is 6.12. The molecule has 0 aliphatic carbocycles. The van der Waals surface area contributed by atoms with Crippen LogP contribution in [0.4, 0.5) is 0 Å². The lowest BCUT2D eigenvalue weighted by Crippen LogP contribution is -2.33. The Bertz CT molecular complexity index is 894. The molecule has 0 unspecified atom stereocenters. The Kier molecular flexibility index (Phi) is 5.97. The number of nitrogens with zero attached hydrogens (tertiary/aromatic N) is 3. The van der Waals surface area contributed by atoms with E-state index in [9.17, 15) is 9.59 Å². The van der Waals surface area contributed by atoms with E-state index in [1.165, 1.54) is 12.8 Å². The SMILES string of the molecule is Cc1ccccc1CNC(=O)c1nc(C(=O)N2CCCCCC2)c2n1CCCC2. The molecule has 1 N–H and O–H groups in total. The van der Waals surface area contributed by atoms with Crippen LogP contribution in [0, 0.1) is 6.92 Å². The van der Waals surface area contributed by atoms with Crippen LogP contribution >= 0.6 is 0 Å². The van der Waals surface area contributed by atoms with Crippen LogP contribution in [0.1, 0.15) is 76.5 Å². The molecule has 3 heterocycles. The molecule has 0 atom stereocenters. The minimum absolute atomic E-state index is 0.00416. The van der Waals surface area contributed by atoms with E-state index in [-0.39, 0.29) is 11.8 Å². The smallest absolute Gasteiger partial charge is 0.287 e. The molecule has 4 rings (SSSR count). The van der Waals surface area contributed by atoms with Crippen LogP contribution in [0.25, 0.3) is 0 Å². The van der Waals surface area contributed by atoms with Crippen LogP contribution in [0.15, 0.2) is 24.3 Å². The molecule has 6 heteroatoms. The van der Waals surface area contributed by atoms with E-state index in [0.29, 0.717) is 18.1 Å². The van der Waals surface area contributed by atoms with Gasteiger partial charge >= 0.3 is 0 Å². The largest absolute Gasteiger partial charge is 0.345 e. The minimum Gasteiger partial charge on any atom is -0.345 e. The van der Waals surface area contributed by atoms with E-state index >= 15 is 0 Å². The fraction of sp³-hybridized carbons (Fsp3) is 0.522. The zero-order valence-corrected chi connectivity index (χ0v) is 17.2. The number of amides is 2. The first-order valence-corrected chi connectivity index (χ1v) is 10.9. The molecule has 0 radical (unpaired) electrons. The van der Waals surface area contributed by atoms with Crippen molar-refractivity contribution in [3.05, 3.63) is 52.6 Å². The highest BCUT2D eigenvalue weighted by Gasteiger charge is 2.30. The summed E-state index contributed by atoms with van der Waals surface area (Å²) < 4.78 is 1.97. The molecule has 1 aromatic carbocycles. The summed E-state index contributed by atoms with van der Waals surface area (Å²) in [5.74, 6) is 0.174. The van der Waals surface area contributed by atoms with Gasteiger partial charge in [0, 0.05) is 26.2 Å². The molecular weight excluding hydrogens is 364 g/mol. The lowest BCUT2D eigenvalue weighted by Gasteiger charge is -2.21. The zero-order chi connectivity index (χ0) is 20.2. The number of hydrogen-bond acceptors (Lipinski definition) is 3. The molecule has 2 aliphatic rings. The van der Waals surface area contributed by atoms with Gasteiger partial charge in [0.25, 0.3) is 11.8 Å². The topological polar surface area (TPSA) is 67.2 Å². The molecule has 1 aromatic heterocycles. The fourth-order valence-electron chi connectivity index (χ4n) is 4.37. The Morgan fingerprint density at radius 1 is 1.00 bits per heavy atom. The third kappa shape index (κ3) is 4.21. The van der Waals surface area contributed by atoms with Gasteiger partial charge in [0.1, 0.15) is 5.69 Å². The number of rotatable bonds is 4. The summed E-state index contributed by atoms with van der Waals surface area (Å²) in [5, 5.41) is 3.00. The molecule has 29 heavy (non-hydrogen) atoms. The summed E-state index contributed by atoms with van der Waals surface area (Å²) in [7, 11) is 0. The Labute approximate surface area is 172 Å². The molecule has 154 valence electrons. The van der Waals surface area contributed by atoms with Gasteiger partial charge in [0.2, 0.25) is 0 Å². The van der Waals surface area contributed by atoms with Crippen molar-refractivity contribution < 1.29 is 9.59 Å². The first-order valence-electron chi connectivity index (χ1n) is 10.9. The molecule has 2 amide bonds. The molecular formula is C23H30N4O2. The van der Waals surface area contributed by atoms with Gasteiger partial charge in [-0.2, -0.15) is 0 Å². The summed E-state index contributed by atoms with van der Waals surface area (Å²) in [6.45, 7) is 4.84. The van der Waals surface area contributed by atoms with Crippen LogP contribution in [-0.4, -0.2) is 39.4 Å². The van der Waals surface area contributed by atoms with Crippen molar-refractivity contribution in [2.45, 2.75) is 65.0 Å². The lowest BCUT2D eigenvalue weighted by molar-refractivity contribution is 0.0754. The lowest BCUT2D eigenvalue weighted by atomic mass is 10.1. The number of hydrogen-bond donors (Lipinski definition) is 1. The number of carbonyl (C=O) groups excluding carboxylic acids is 2. The summed E-state index contributed by atoms with van der Waals surface area (Å²) in [4.78, 5) is 32.7. The van der Waals surface area contributed by atoms with E-state index in [4.69, 9.17) is 0 Å². The van der Waals surface area contributed by atoms with Gasteiger partial charge in [-0.3, -0.25) is 9.59 Å². The first kappa shape index (κ1) is 19.7. The number of benzene rings is 1. The van der Waals surface area contributed by atoms with Crippen LogP contribution in [-0.2, 0) is 19.5 Å². The molecule has 2 aliphatic heterocycles. The van der Waals surface area contributed by atoms with E-state index < -0.39 is 0 Å². The van der Waals surface area contributed by atoms with Gasteiger partial charge in [-0.15, -0.1) is 0 Å². The fourth-order valence-corrected chi connectivity index (χ4v) is 4.37. The maximum absolute atomic E-state index is 13.2. The summed E-state index contributed by atoms with van der Waals surface area (Å²) in [6.07, 6.45) is 7.31. The van der Waals surface area contributed by atoms with Crippen molar-refractivity contribution in [1.29, 1.82) is 0 Å². The van der Waals surface area contributed by atoms with E-state index in [2.05, 4.69) is 10.3 Å². The summed E-state index contributed by atoms with van der Waals surface area (Å²) in [5.41, 5.74) is 3.67. The van der Waals surface area contributed by atoms with Crippen LogP contribution < -0.4 is 5.32 Å². The predicted molar refractivity (Wildman–Crippen MR) is 112 cm³/mol. The minimum atomic E-state index is -0.202. The van der Waals surface area contributed by atoms with Gasteiger partial charge in [-0.25, -0.2) is 4.98 Å². The number of aryl methyl sites for hydroxylation is 1. The summed E-state index contributed by atoms with van der Waals surface area (Å²) >= 11 is 0. The normalized spacial score (nSPS) is 16.8. The Morgan fingerprint density at radius 2 is 1.72 bits per heavy atom. The number of likely N-dealkylation sites (tertiary alicyclic amines) is 1. The number of imidazole rings is 1. The van der Waals surface area contributed by atoms with Crippen molar-refractivity contribution in [3.63, 3.8) is 0 Å². The molecule has 0 bridgehead atoms. The molecule has 2 aromatic rings. The number of carbonyl (C=O) groups is 2. The van der Waals surface area contributed by atoms with Crippen LogP contribution in [0.3, 0.4) is 0 Å². The average molecular weight is 395 g/mol. The molecule has 0 saturated carbocycles. The quantitative estimate of drug-likeness (QED) is 0.863. The number of aromatic nitrogens is 2. The predicted octanol–water partition coefficient (Wildman–Crippen LogP) is 3.47. The first-order chi connectivity index (χ1) is 14.1. The van der Waals surface area contributed by atoms with Crippen LogP contribution in [0.5, 0.6) is 0 Å². The van der Waals surface area contributed by atoms with Gasteiger partial charge in [-0.05, 0) is 50.2 Å². The monoisotopic (exact) mass is 394 g/mol. The van der Waals surface area contributed by atoms with E-state index in [0.717, 1.165) is 68.6 Å². The Balaban J connectivity index is 1.56. The van der Waals surface area contributed by atoms with Gasteiger partial charge in [0.15, 0.2) is 5.82 Å². The van der Waals surface area contributed by atoms with Gasteiger partial charge < -0.3 is 14.8 Å². The van der Waals surface area contributed by atoms with Crippen molar-refractivity contribution in [2.24, 2.45) is 0 Å². The van der Waals surface area contributed by atoms with E-state index in [1.54, 1.807) is 0 Å². The highest BCUT2D eigenvalue weighted by molar-refractivity contribution is 5.97. The van der Waals surface area contributed by atoms with Crippen molar-refractivity contribution in [1.82, 2.24) is 19.8 Å². The molecule has 1 saturated heterocycles. The maximum atomic E-state index is 13.2. The maximum Gasteiger partial charge on any atom is 0.287 e. The zero-order valence-electron chi connectivity index (χ0n) is 17.2. The second-order valence-electron chi connectivity index (χ2n) is 8.16. The number of fused-ring (bicyclic) bond motifs is 1. The third-order valence-corrected chi connectivity index (χ3v) is 6.12. The number of nitrogens with one attached hydrogen (secondary N) is 1. The highest BCUT2D eigenvalue weighted by atomic mass is 16.2. The second-order valence-corrected chi connectivity index (χ2v) is 8.16. The Morgan fingerprint density at radius 3 is 2.48 bits per heavy atom. The molecule has 0 spiro atoms. The highest BCUT2D eigenvalue weighted by Crippen LogP contribution is 2.23. The van der Waals surface area contributed by atoms with Gasteiger partial charge in [0.05, 0.1) is 5.69 Å². The standard InChI is InChI=1S/C23H30N4O2/c1-17-10-4-5-11-18(17)16-24-22(28)21-25-20(19-12-6-9-15-27(19)21)23(29)26-13-7-2-3-8-14-26/h4-5,10-11H,2-3,6-9,12-16H2,1H3,(H,24,28). The van der Waals surface area contributed by atoms with Crippen molar-refractivity contribution >= 4 is 11.8 Å². The molecule has 6 nitrogen and oxygen atoms in total. The average Bonchev–Trinajstić information content (AvgIpc) is 2.92.